The van der Waals surface area contributed by atoms with Crippen molar-refractivity contribution in [2.45, 2.75) is 4.90 Å². The van der Waals surface area contributed by atoms with E-state index in [1.165, 1.54) is 0 Å². The number of carbonyl (C=O) groups excluding carboxylic acids is 1. The molecule has 0 saturated carbocycles. The van der Waals surface area contributed by atoms with Gasteiger partial charge < -0.3 is 10.8 Å². The van der Waals surface area contributed by atoms with Crippen LogP contribution in [0.3, 0.4) is 0 Å². The Morgan fingerprint density at radius 3 is 2.62 bits per heavy atom. The van der Waals surface area contributed by atoms with Gasteiger partial charge in [-0.3, -0.25) is 4.79 Å². The van der Waals surface area contributed by atoms with Crippen LogP contribution in [0.4, 0.5) is 10.1 Å². The molecule has 3 N–H and O–H groups in total. The van der Waals surface area contributed by atoms with Crippen molar-refractivity contribution < 1.29 is 19.1 Å². The fourth-order valence-electron chi connectivity index (χ4n) is 0.998. The van der Waals surface area contributed by atoms with Crippen molar-refractivity contribution in [2.75, 3.05) is 5.73 Å². The van der Waals surface area contributed by atoms with Crippen LogP contribution in [0.2, 0.25) is 0 Å². The third kappa shape index (κ3) is 2.29. The van der Waals surface area contributed by atoms with Gasteiger partial charge in [-0.1, -0.05) is 0 Å². The zero-order valence-corrected chi connectivity index (χ0v) is 8.55. The number of nitrogens with zero attached hydrogens (tertiary/aromatic N) is 1. The van der Waals surface area contributed by atoms with Crippen molar-refractivity contribution in [3.05, 3.63) is 23.5 Å². The molecule has 5 nitrogen and oxygen atoms in total. The minimum Gasteiger partial charge on any atom is -0.475 e. The normalized spacial score (nSPS) is 9.50. The van der Waals surface area contributed by atoms with E-state index in [1.807, 2.05) is 0 Å². The number of thioether (sulfide) groups is 1. The molecule has 82 valence electrons. The van der Waals surface area contributed by atoms with Crippen LogP contribution in [0.25, 0.3) is 0 Å². The van der Waals surface area contributed by atoms with Crippen LogP contribution in [-0.4, -0.2) is 16.9 Å². The Kier molecular flexibility index (Phi) is 3.48. The van der Waals surface area contributed by atoms with Crippen molar-refractivity contribution in [3.63, 3.8) is 0 Å². The summed E-state index contributed by atoms with van der Waals surface area (Å²) < 4.78 is 13.0. The fourth-order valence-corrected chi connectivity index (χ4v) is 1.52. The number of rotatable bonds is 3. The van der Waals surface area contributed by atoms with E-state index < -0.39 is 17.6 Å². The minimum absolute atomic E-state index is 0.0680. The maximum absolute atomic E-state index is 13.0. The highest BCUT2D eigenvalue weighted by atomic mass is 32.2. The molecule has 0 unspecified atom stereocenters. The largest absolute Gasteiger partial charge is 0.475 e. The molecule has 0 amide bonds. The first-order valence-corrected chi connectivity index (χ1v) is 4.71. The molecule has 0 spiro atoms. The lowest BCUT2D eigenvalue weighted by Gasteiger charge is -2.04. The lowest BCUT2D eigenvalue weighted by Crippen LogP contribution is -2.14. The van der Waals surface area contributed by atoms with E-state index in [4.69, 9.17) is 16.1 Å². The Bertz CT molecular complexity index is 510. The van der Waals surface area contributed by atoms with Crippen molar-refractivity contribution in [3.8, 4) is 5.40 Å². The number of thiocyanates is 1. The van der Waals surface area contributed by atoms with Gasteiger partial charge in [-0.2, -0.15) is 5.26 Å². The number of ketones is 1. The van der Waals surface area contributed by atoms with Crippen LogP contribution >= 0.6 is 11.8 Å². The van der Waals surface area contributed by atoms with Gasteiger partial charge in [-0.05, 0) is 23.9 Å². The summed E-state index contributed by atoms with van der Waals surface area (Å²) in [5.41, 5.74) is 4.58. The monoisotopic (exact) mass is 240 g/mol. The van der Waals surface area contributed by atoms with E-state index in [2.05, 4.69) is 0 Å². The summed E-state index contributed by atoms with van der Waals surface area (Å²) in [4.78, 5) is 21.6. The van der Waals surface area contributed by atoms with Gasteiger partial charge in [0, 0.05) is 10.5 Å². The third-order valence-corrected chi connectivity index (χ3v) is 2.34. The molecule has 0 heterocycles. The van der Waals surface area contributed by atoms with Crippen LogP contribution in [0.5, 0.6) is 0 Å². The molecule has 7 heteroatoms. The molecular formula is C9H5FN2O3S. The van der Waals surface area contributed by atoms with Crippen molar-refractivity contribution >= 4 is 29.2 Å². The van der Waals surface area contributed by atoms with Gasteiger partial charge in [0.15, 0.2) is 0 Å². The predicted molar refractivity (Wildman–Crippen MR) is 54.2 cm³/mol. The summed E-state index contributed by atoms with van der Waals surface area (Å²) in [6.07, 6.45) is 0. The molecule has 0 aliphatic rings. The molecule has 1 aromatic carbocycles. The second-order valence-electron chi connectivity index (χ2n) is 2.70. The predicted octanol–water partition coefficient (Wildman–Crippen LogP) is 1.25. The number of benzene rings is 1. The second-order valence-corrected chi connectivity index (χ2v) is 3.52. The number of hydrogen-bond acceptors (Lipinski definition) is 5. The molecule has 0 aromatic heterocycles. The molecule has 0 radical (unpaired) electrons. The molecule has 0 saturated heterocycles. The number of halogens is 1. The number of hydrogen-bond donors (Lipinski definition) is 2. The molecule has 0 aliphatic carbocycles. The van der Waals surface area contributed by atoms with Gasteiger partial charge in [0.2, 0.25) is 0 Å². The number of nitrogens with two attached hydrogens (primary N) is 1. The summed E-state index contributed by atoms with van der Waals surface area (Å²) in [5.74, 6) is -3.73. The lowest BCUT2D eigenvalue weighted by atomic mass is 10.1. The Labute approximate surface area is 93.7 Å². The number of carboxylic acids is 1. The number of carboxylic acid groups (broad SMARTS) is 1. The first-order valence-electron chi connectivity index (χ1n) is 3.90. The zero-order valence-electron chi connectivity index (χ0n) is 7.73. The van der Waals surface area contributed by atoms with Gasteiger partial charge >= 0.3 is 5.97 Å². The average Bonchev–Trinajstić information content (AvgIpc) is 2.22. The highest BCUT2D eigenvalue weighted by Crippen LogP contribution is 2.26. The highest BCUT2D eigenvalue weighted by Gasteiger charge is 2.20. The van der Waals surface area contributed by atoms with E-state index in [1.54, 1.807) is 5.40 Å². The van der Waals surface area contributed by atoms with E-state index in [9.17, 15) is 14.0 Å². The minimum atomic E-state index is -1.69. The van der Waals surface area contributed by atoms with Gasteiger partial charge in [0.25, 0.3) is 5.78 Å². The maximum atomic E-state index is 13.0. The summed E-state index contributed by atoms with van der Waals surface area (Å²) in [7, 11) is 0. The van der Waals surface area contributed by atoms with Crippen LogP contribution in [-0.2, 0) is 4.79 Å². The number of anilines is 1. The molecule has 0 atom stereocenters. The van der Waals surface area contributed by atoms with Gasteiger partial charge in [-0.15, -0.1) is 0 Å². The number of aliphatic carboxylic acids is 1. The fraction of sp³-hybridized carbons (Fsp3) is 0. The van der Waals surface area contributed by atoms with Crippen molar-refractivity contribution in [2.24, 2.45) is 0 Å². The number of nitriles is 1. The molecule has 1 rings (SSSR count). The Morgan fingerprint density at radius 2 is 2.12 bits per heavy atom. The average molecular weight is 240 g/mol. The van der Waals surface area contributed by atoms with Crippen LogP contribution in [0.15, 0.2) is 17.0 Å². The number of carbonyl (C=O) groups is 2. The first kappa shape index (κ1) is 12.0. The van der Waals surface area contributed by atoms with Gasteiger partial charge in [0.1, 0.15) is 11.2 Å². The maximum Gasteiger partial charge on any atom is 0.377 e. The molecule has 1 aromatic rings. The Morgan fingerprint density at radius 1 is 1.50 bits per heavy atom. The van der Waals surface area contributed by atoms with Crippen LogP contribution in [0, 0.1) is 16.5 Å². The molecule has 0 fully saturated rings. The smallest absolute Gasteiger partial charge is 0.377 e. The topological polar surface area (TPSA) is 104 Å². The second kappa shape index (κ2) is 4.63. The van der Waals surface area contributed by atoms with E-state index in [0.29, 0.717) is 11.8 Å². The lowest BCUT2D eigenvalue weighted by molar-refractivity contribution is -0.131. The third-order valence-electron chi connectivity index (χ3n) is 1.69. The van der Waals surface area contributed by atoms with Gasteiger partial charge in [0.05, 0.1) is 5.69 Å². The highest BCUT2D eigenvalue weighted by molar-refractivity contribution is 8.03. The van der Waals surface area contributed by atoms with E-state index >= 15 is 0 Å². The molecule has 0 aliphatic heterocycles. The van der Waals surface area contributed by atoms with Crippen LogP contribution in [0.1, 0.15) is 10.4 Å². The standard InChI is InChI=1S/C9H5FN2O3S/c10-5-2-7(16-3-11)4(1-6(5)12)8(13)9(14)15/h1-2H,12H2,(H,14,15). The summed E-state index contributed by atoms with van der Waals surface area (Å²) in [6.45, 7) is 0. The Balaban J connectivity index is 3.36. The van der Waals surface area contributed by atoms with E-state index in [-0.39, 0.29) is 16.1 Å². The van der Waals surface area contributed by atoms with Crippen LogP contribution < -0.4 is 5.73 Å². The first-order chi connectivity index (χ1) is 7.47. The summed E-state index contributed by atoms with van der Waals surface area (Å²) >= 11 is 0.496. The molecular weight excluding hydrogens is 235 g/mol. The molecule has 0 bridgehead atoms. The summed E-state index contributed by atoms with van der Waals surface area (Å²) in [6, 6.07) is 1.77. The number of nitrogen functional groups attached to an aromatic ring is 1. The van der Waals surface area contributed by atoms with Crippen molar-refractivity contribution in [1.29, 1.82) is 5.26 Å². The Hall–Kier alpha value is -2.07. The van der Waals surface area contributed by atoms with Gasteiger partial charge in [-0.25, -0.2) is 9.18 Å². The zero-order chi connectivity index (χ0) is 12.3. The summed E-state index contributed by atoms with van der Waals surface area (Å²) in [5, 5.41) is 18.6. The quantitative estimate of drug-likeness (QED) is 0.271. The molecule has 16 heavy (non-hydrogen) atoms. The van der Waals surface area contributed by atoms with E-state index in [0.717, 1.165) is 12.1 Å². The number of Topliss-reactive ketones (excluding diaryl/α,β-unsaturated/α-hetero) is 1. The SMILES string of the molecule is N#CSc1cc(F)c(N)cc1C(=O)C(=O)O. The van der Waals surface area contributed by atoms with Crippen molar-refractivity contribution in [1.82, 2.24) is 0 Å².